The van der Waals surface area contributed by atoms with Gasteiger partial charge >= 0.3 is 5.97 Å². The van der Waals surface area contributed by atoms with Crippen molar-refractivity contribution in [2.75, 3.05) is 20.0 Å². The van der Waals surface area contributed by atoms with Crippen LogP contribution in [0.4, 0.5) is 0 Å². The van der Waals surface area contributed by atoms with Crippen molar-refractivity contribution in [2.45, 2.75) is 24.5 Å². The number of thiazole rings is 1. The number of esters is 1. The number of nitrogens with zero attached hydrogens (tertiary/aromatic N) is 2. The number of halogens is 3. The largest absolute Gasteiger partial charge is 0.493 e. The fourth-order valence-electron chi connectivity index (χ4n) is 5.44. The lowest BCUT2D eigenvalue weighted by Gasteiger charge is -2.26. The molecule has 1 aliphatic rings. The third-order valence-electron chi connectivity index (χ3n) is 7.72. The fraction of sp³-hybridized carbons (Fsp3) is 0.162. The van der Waals surface area contributed by atoms with Crippen LogP contribution in [0.25, 0.3) is 11.8 Å². The molecule has 1 aliphatic heterocycles. The van der Waals surface area contributed by atoms with E-state index in [-0.39, 0.29) is 18.8 Å². The maximum Gasteiger partial charge on any atom is 0.338 e. The molecule has 0 radical (unpaired) electrons. The van der Waals surface area contributed by atoms with Gasteiger partial charge in [0.1, 0.15) is 6.61 Å². The number of thioether (sulfide) groups is 1. The van der Waals surface area contributed by atoms with E-state index >= 15 is 0 Å². The number of benzene rings is 4. The Balaban J connectivity index is 1.48. The smallest absolute Gasteiger partial charge is 0.338 e. The number of ether oxygens (including phenoxy) is 3. The lowest BCUT2D eigenvalue weighted by Crippen LogP contribution is -2.40. The van der Waals surface area contributed by atoms with Crippen LogP contribution in [0.3, 0.4) is 0 Å². The molecule has 7 nitrogen and oxygen atoms in total. The van der Waals surface area contributed by atoms with Crippen molar-refractivity contribution < 1.29 is 19.0 Å². The van der Waals surface area contributed by atoms with E-state index in [1.165, 1.54) is 11.3 Å². The van der Waals surface area contributed by atoms with E-state index < -0.39 is 12.0 Å². The topological polar surface area (TPSA) is 79.1 Å². The Morgan fingerprint density at radius 3 is 2.47 bits per heavy atom. The molecule has 6 rings (SSSR count). The molecule has 1 aromatic heterocycles. The standard InChI is InChI=1S/C37H29BrCl2N2O5S2/c1-4-46-36(44)31-32(23-8-6-5-7-9-23)41-37-42(33(31)24-11-13-25(48-3)14-12-24)35(43)30(49-37)19-22-16-26(38)34(29(18-22)45-2)47-20-21-10-15-27(39)28(40)17-21/h5-19,33H,4,20H2,1-3H3/b30-19-/t33-/m0/s1. The summed E-state index contributed by atoms with van der Waals surface area (Å²) in [6, 6.07) is 25.5. The van der Waals surface area contributed by atoms with Gasteiger partial charge in [0.15, 0.2) is 16.3 Å². The molecule has 0 N–H and O–H groups in total. The van der Waals surface area contributed by atoms with Crippen LogP contribution >= 0.6 is 62.2 Å². The summed E-state index contributed by atoms with van der Waals surface area (Å²) in [5.41, 5.74) is 3.54. The van der Waals surface area contributed by atoms with Crippen molar-refractivity contribution in [3.8, 4) is 11.5 Å². The van der Waals surface area contributed by atoms with Crippen LogP contribution in [0.1, 0.15) is 35.2 Å². The molecule has 12 heteroatoms. The van der Waals surface area contributed by atoms with E-state index in [0.29, 0.717) is 52.2 Å². The monoisotopic (exact) mass is 794 g/mol. The second-order valence-corrected chi connectivity index (χ2v) is 14.3. The average molecular weight is 797 g/mol. The first-order valence-electron chi connectivity index (χ1n) is 15.1. The average Bonchev–Trinajstić information content (AvgIpc) is 3.42. The minimum atomic E-state index is -0.762. The third kappa shape index (κ3) is 7.39. The SMILES string of the molecule is CCOC(=O)C1=C(c2ccccc2)N=c2s/c(=C\c3cc(Br)c(OCc4ccc(Cl)c(Cl)c4)c(OC)c3)c(=O)n2[C@H]1c1ccc(SC)cc1. The summed E-state index contributed by atoms with van der Waals surface area (Å²) in [4.78, 5) is 34.5. The van der Waals surface area contributed by atoms with Crippen molar-refractivity contribution in [1.82, 2.24) is 4.57 Å². The number of rotatable bonds is 10. The number of aromatic nitrogens is 1. The van der Waals surface area contributed by atoms with Gasteiger partial charge in [-0.3, -0.25) is 9.36 Å². The van der Waals surface area contributed by atoms with E-state index in [2.05, 4.69) is 15.9 Å². The molecule has 0 amide bonds. The molecule has 250 valence electrons. The first-order chi connectivity index (χ1) is 23.7. The highest BCUT2D eigenvalue weighted by Gasteiger charge is 2.35. The minimum Gasteiger partial charge on any atom is -0.493 e. The van der Waals surface area contributed by atoms with E-state index in [1.807, 2.05) is 73.0 Å². The Bertz CT molecular complexity index is 2250. The molecule has 1 atom stereocenters. The molecule has 0 aliphatic carbocycles. The Morgan fingerprint density at radius 1 is 1.04 bits per heavy atom. The van der Waals surface area contributed by atoms with Crippen molar-refractivity contribution in [2.24, 2.45) is 4.99 Å². The van der Waals surface area contributed by atoms with E-state index in [1.54, 1.807) is 54.6 Å². The number of fused-ring (bicyclic) bond motifs is 1. The van der Waals surface area contributed by atoms with Gasteiger partial charge in [0.2, 0.25) is 0 Å². The van der Waals surface area contributed by atoms with E-state index in [9.17, 15) is 9.59 Å². The predicted molar refractivity (Wildman–Crippen MR) is 201 cm³/mol. The number of hydrogen-bond donors (Lipinski definition) is 0. The van der Waals surface area contributed by atoms with Gasteiger partial charge in [-0.05, 0) is 88.3 Å². The summed E-state index contributed by atoms with van der Waals surface area (Å²) in [5, 5.41) is 0.905. The molecule has 0 saturated heterocycles. The van der Waals surface area contributed by atoms with Crippen LogP contribution in [-0.2, 0) is 16.1 Å². The van der Waals surface area contributed by atoms with Crippen molar-refractivity contribution in [3.63, 3.8) is 0 Å². The van der Waals surface area contributed by atoms with Crippen molar-refractivity contribution >= 4 is 80.0 Å². The van der Waals surface area contributed by atoms with Gasteiger partial charge in [-0.1, -0.05) is 83.1 Å². The first-order valence-corrected chi connectivity index (χ1v) is 18.7. The van der Waals surface area contributed by atoms with Gasteiger partial charge in [0.05, 0.1) is 50.1 Å². The summed E-state index contributed by atoms with van der Waals surface area (Å²) in [6.07, 6.45) is 3.78. The lowest BCUT2D eigenvalue weighted by atomic mass is 9.93. The molecule has 0 unspecified atom stereocenters. The summed E-state index contributed by atoms with van der Waals surface area (Å²) in [6.45, 7) is 2.17. The van der Waals surface area contributed by atoms with Crippen LogP contribution < -0.4 is 24.4 Å². The second kappa shape index (κ2) is 15.4. The van der Waals surface area contributed by atoms with Gasteiger partial charge in [-0.15, -0.1) is 11.8 Å². The summed E-state index contributed by atoms with van der Waals surface area (Å²) in [7, 11) is 1.55. The van der Waals surface area contributed by atoms with Crippen molar-refractivity contribution in [1.29, 1.82) is 0 Å². The van der Waals surface area contributed by atoms with E-state index in [4.69, 9.17) is 42.4 Å². The second-order valence-electron chi connectivity index (χ2n) is 10.8. The summed E-state index contributed by atoms with van der Waals surface area (Å²) < 4.78 is 20.0. The molecule has 49 heavy (non-hydrogen) atoms. The highest BCUT2D eigenvalue weighted by molar-refractivity contribution is 9.10. The molecule has 0 fully saturated rings. The minimum absolute atomic E-state index is 0.177. The van der Waals surface area contributed by atoms with Gasteiger partial charge in [0.25, 0.3) is 5.56 Å². The molecular formula is C37H29BrCl2N2O5S2. The molecule has 0 bridgehead atoms. The zero-order chi connectivity index (χ0) is 34.7. The van der Waals surface area contributed by atoms with Crippen LogP contribution in [0.2, 0.25) is 10.0 Å². The highest BCUT2D eigenvalue weighted by atomic mass is 79.9. The highest BCUT2D eigenvalue weighted by Crippen LogP contribution is 2.38. The zero-order valence-electron chi connectivity index (χ0n) is 26.5. The summed E-state index contributed by atoms with van der Waals surface area (Å²) >= 11 is 18.7. The molecule has 2 heterocycles. The number of hydrogen-bond acceptors (Lipinski definition) is 8. The number of methoxy groups -OCH3 is 1. The van der Waals surface area contributed by atoms with Gasteiger partial charge in [-0.25, -0.2) is 9.79 Å². The Morgan fingerprint density at radius 2 is 1.80 bits per heavy atom. The van der Waals surface area contributed by atoms with Crippen molar-refractivity contribution in [3.05, 3.63) is 147 Å². The zero-order valence-corrected chi connectivity index (χ0v) is 31.3. The van der Waals surface area contributed by atoms with Gasteiger partial charge in [-0.2, -0.15) is 0 Å². The Kier molecular flexibility index (Phi) is 11.0. The van der Waals surface area contributed by atoms with Crippen LogP contribution in [0, 0.1) is 0 Å². The maximum absolute atomic E-state index is 14.3. The predicted octanol–water partition coefficient (Wildman–Crippen LogP) is 8.31. The summed E-state index contributed by atoms with van der Waals surface area (Å²) in [5.74, 6) is 0.437. The Hall–Kier alpha value is -3.80. The van der Waals surface area contributed by atoms with E-state index in [0.717, 1.165) is 21.6 Å². The first kappa shape index (κ1) is 35.0. The normalized spacial score (nSPS) is 14.3. The Labute approximate surface area is 309 Å². The van der Waals surface area contributed by atoms with Crippen LogP contribution in [0.5, 0.6) is 11.5 Å². The van der Waals surface area contributed by atoms with Crippen LogP contribution in [0.15, 0.2) is 110 Å². The maximum atomic E-state index is 14.3. The number of carbonyl (C=O) groups is 1. The quantitative estimate of drug-likeness (QED) is 0.105. The molecule has 0 spiro atoms. The molecule has 4 aromatic carbocycles. The molecular weight excluding hydrogens is 767 g/mol. The third-order valence-corrected chi connectivity index (χ3v) is 10.8. The lowest BCUT2D eigenvalue weighted by molar-refractivity contribution is -0.138. The van der Waals surface area contributed by atoms with Crippen LogP contribution in [-0.4, -0.2) is 30.5 Å². The van der Waals surface area contributed by atoms with Gasteiger partial charge < -0.3 is 14.2 Å². The van der Waals surface area contributed by atoms with Gasteiger partial charge in [0, 0.05) is 10.5 Å². The number of carbonyl (C=O) groups excluding carboxylic acids is 1. The molecule has 5 aromatic rings. The fourth-order valence-corrected chi connectivity index (χ4v) is 7.75. The molecule has 0 saturated carbocycles.